The molecule has 0 amide bonds. The molecule has 0 N–H and O–H groups in total. The van der Waals surface area contributed by atoms with E-state index < -0.39 is 12.6 Å². The fourth-order valence-electron chi connectivity index (χ4n) is 1.33. The quantitative estimate of drug-likeness (QED) is 0.732. The van der Waals surface area contributed by atoms with Gasteiger partial charge in [0.25, 0.3) is 0 Å². The van der Waals surface area contributed by atoms with E-state index in [4.69, 9.17) is 0 Å². The van der Waals surface area contributed by atoms with Gasteiger partial charge in [0.05, 0.1) is 17.7 Å². The van der Waals surface area contributed by atoms with E-state index in [0.717, 1.165) is 0 Å². The highest BCUT2D eigenvalue weighted by molar-refractivity contribution is 5.77. The minimum absolute atomic E-state index is 0.246. The number of alkyl halides is 3. The summed E-state index contributed by atoms with van der Waals surface area (Å²) in [5.74, 6) is 0. The van der Waals surface area contributed by atoms with Crippen LogP contribution in [0.4, 0.5) is 13.2 Å². The van der Waals surface area contributed by atoms with Crippen LogP contribution in [0.2, 0.25) is 0 Å². The van der Waals surface area contributed by atoms with Gasteiger partial charge in [0.15, 0.2) is 6.29 Å². The van der Waals surface area contributed by atoms with Gasteiger partial charge >= 0.3 is 6.18 Å². The molecule has 0 aliphatic rings. The van der Waals surface area contributed by atoms with Gasteiger partial charge in [-0.25, -0.2) is 0 Å². The van der Waals surface area contributed by atoms with Crippen molar-refractivity contribution in [1.82, 2.24) is 9.78 Å². The summed E-state index contributed by atoms with van der Waals surface area (Å²) >= 11 is 0. The number of hydrogen-bond donors (Lipinski definition) is 0. The second-order valence-corrected chi connectivity index (χ2v) is 3.29. The van der Waals surface area contributed by atoms with Crippen molar-refractivity contribution in [3.63, 3.8) is 0 Å². The van der Waals surface area contributed by atoms with Crippen LogP contribution in [0.1, 0.15) is 28.2 Å². The van der Waals surface area contributed by atoms with E-state index in [9.17, 15) is 18.0 Å². The van der Waals surface area contributed by atoms with Gasteiger partial charge in [-0.05, 0) is 13.8 Å². The molecule has 0 aliphatic heterocycles. The predicted molar refractivity (Wildman–Crippen MR) is 47.8 cm³/mol. The molecular weight excluding hydrogens is 209 g/mol. The second kappa shape index (κ2) is 4.04. The van der Waals surface area contributed by atoms with Crippen molar-refractivity contribution in [2.75, 3.05) is 0 Å². The van der Waals surface area contributed by atoms with Crippen molar-refractivity contribution in [3.05, 3.63) is 17.0 Å². The first kappa shape index (κ1) is 11.7. The van der Waals surface area contributed by atoms with E-state index >= 15 is 0 Å². The average molecular weight is 220 g/mol. The van der Waals surface area contributed by atoms with E-state index in [-0.39, 0.29) is 6.54 Å². The Morgan fingerprint density at radius 2 is 2.00 bits per heavy atom. The molecular formula is C9H11F3N2O. The van der Waals surface area contributed by atoms with Crippen molar-refractivity contribution in [2.45, 2.75) is 33.0 Å². The smallest absolute Gasteiger partial charge is 0.298 e. The van der Waals surface area contributed by atoms with E-state index in [1.807, 2.05) is 0 Å². The van der Waals surface area contributed by atoms with Gasteiger partial charge in [-0.3, -0.25) is 9.48 Å². The fraction of sp³-hybridized carbons (Fsp3) is 0.556. The molecule has 0 aromatic carbocycles. The second-order valence-electron chi connectivity index (χ2n) is 3.29. The molecule has 15 heavy (non-hydrogen) atoms. The lowest BCUT2D eigenvalue weighted by molar-refractivity contribution is -0.137. The summed E-state index contributed by atoms with van der Waals surface area (Å²) in [6.07, 6.45) is -4.53. The molecule has 3 nitrogen and oxygen atoms in total. The predicted octanol–water partition coefficient (Wildman–Crippen LogP) is 2.26. The van der Waals surface area contributed by atoms with Gasteiger partial charge < -0.3 is 0 Å². The van der Waals surface area contributed by atoms with Crippen LogP contribution in [0.3, 0.4) is 0 Å². The molecule has 1 rings (SSSR count). The zero-order valence-corrected chi connectivity index (χ0v) is 8.43. The molecule has 0 atom stereocenters. The number of carbonyl (C=O) groups is 1. The maximum Gasteiger partial charge on any atom is 0.390 e. The van der Waals surface area contributed by atoms with Gasteiger partial charge in [-0.2, -0.15) is 18.3 Å². The molecule has 0 aliphatic carbocycles. The number of aldehydes is 1. The first-order chi connectivity index (χ1) is 6.85. The van der Waals surface area contributed by atoms with E-state index in [2.05, 4.69) is 5.10 Å². The first-order valence-corrected chi connectivity index (χ1v) is 4.41. The van der Waals surface area contributed by atoms with Crippen LogP contribution in [-0.2, 0) is 6.54 Å². The molecule has 0 radical (unpaired) electrons. The number of aromatic nitrogens is 2. The molecule has 0 spiro atoms. The maximum atomic E-state index is 12.0. The number of hydrogen-bond acceptors (Lipinski definition) is 2. The normalized spacial score (nSPS) is 11.8. The van der Waals surface area contributed by atoms with Crippen LogP contribution in [0.15, 0.2) is 0 Å². The largest absolute Gasteiger partial charge is 0.390 e. The van der Waals surface area contributed by atoms with E-state index in [1.54, 1.807) is 13.8 Å². The molecule has 0 fully saturated rings. The van der Waals surface area contributed by atoms with Crippen molar-refractivity contribution in [1.29, 1.82) is 0 Å². The van der Waals surface area contributed by atoms with Crippen LogP contribution in [-0.4, -0.2) is 22.2 Å². The first-order valence-electron chi connectivity index (χ1n) is 4.41. The summed E-state index contributed by atoms with van der Waals surface area (Å²) in [7, 11) is 0. The standard InChI is InChI=1S/C9H11F3N2O/c1-6-8(5-15)7(2)14(13-6)4-3-9(10,11)12/h5H,3-4H2,1-2H3. The van der Waals surface area contributed by atoms with Crippen molar-refractivity contribution in [2.24, 2.45) is 0 Å². The van der Waals surface area contributed by atoms with Crippen LogP contribution in [0.5, 0.6) is 0 Å². The number of rotatable bonds is 3. The SMILES string of the molecule is Cc1nn(CCC(F)(F)F)c(C)c1C=O. The number of halogens is 3. The Hall–Kier alpha value is -1.33. The molecule has 84 valence electrons. The zero-order chi connectivity index (χ0) is 11.6. The van der Waals surface area contributed by atoms with Gasteiger partial charge in [0.1, 0.15) is 0 Å². The highest BCUT2D eigenvalue weighted by Gasteiger charge is 2.27. The third kappa shape index (κ3) is 2.81. The van der Waals surface area contributed by atoms with Gasteiger partial charge in [0, 0.05) is 12.2 Å². The zero-order valence-electron chi connectivity index (χ0n) is 8.43. The highest BCUT2D eigenvalue weighted by atomic mass is 19.4. The fourth-order valence-corrected chi connectivity index (χ4v) is 1.33. The highest BCUT2D eigenvalue weighted by Crippen LogP contribution is 2.21. The maximum absolute atomic E-state index is 12.0. The van der Waals surface area contributed by atoms with Crippen molar-refractivity contribution in [3.8, 4) is 0 Å². The Balaban J connectivity index is 2.83. The Labute approximate surface area is 84.9 Å². The minimum Gasteiger partial charge on any atom is -0.298 e. The Bertz CT molecular complexity index is 368. The Morgan fingerprint density at radius 3 is 2.40 bits per heavy atom. The molecule has 6 heteroatoms. The third-order valence-electron chi connectivity index (χ3n) is 2.16. The van der Waals surface area contributed by atoms with Crippen molar-refractivity contribution >= 4 is 6.29 Å². The van der Waals surface area contributed by atoms with Gasteiger partial charge in [-0.15, -0.1) is 0 Å². The lowest BCUT2D eigenvalue weighted by Crippen LogP contribution is -2.14. The summed E-state index contributed by atoms with van der Waals surface area (Å²) in [6.45, 7) is 2.94. The minimum atomic E-state index is -4.20. The van der Waals surface area contributed by atoms with Crippen LogP contribution < -0.4 is 0 Å². The van der Waals surface area contributed by atoms with Crippen LogP contribution in [0, 0.1) is 13.8 Å². The van der Waals surface area contributed by atoms with Crippen LogP contribution in [0.25, 0.3) is 0 Å². The topological polar surface area (TPSA) is 34.9 Å². The molecule has 0 bridgehead atoms. The molecule has 1 aromatic heterocycles. The number of aryl methyl sites for hydroxylation is 2. The summed E-state index contributed by atoms with van der Waals surface area (Å²) in [6, 6.07) is 0. The summed E-state index contributed by atoms with van der Waals surface area (Å²) in [5.41, 5.74) is 1.31. The molecule has 0 saturated heterocycles. The van der Waals surface area contributed by atoms with E-state index in [1.165, 1.54) is 4.68 Å². The Kier molecular flexibility index (Phi) is 3.16. The van der Waals surface area contributed by atoms with Gasteiger partial charge in [-0.1, -0.05) is 0 Å². The lowest BCUT2D eigenvalue weighted by atomic mass is 10.2. The molecule has 1 aromatic rings. The Morgan fingerprint density at radius 1 is 1.40 bits per heavy atom. The number of carbonyl (C=O) groups excluding carboxylic acids is 1. The van der Waals surface area contributed by atoms with Crippen LogP contribution >= 0.6 is 0 Å². The van der Waals surface area contributed by atoms with E-state index in [0.29, 0.717) is 23.2 Å². The summed E-state index contributed by atoms with van der Waals surface area (Å²) in [4.78, 5) is 10.6. The summed E-state index contributed by atoms with van der Waals surface area (Å²) < 4.78 is 37.1. The lowest BCUT2D eigenvalue weighted by Gasteiger charge is -2.07. The molecule has 0 unspecified atom stereocenters. The average Bonchev–Trinajstić information content (AvgIpc) is 2.37. The summed E-state index contributed by atoms with van der Waals surface area (Å²) in [5, 5.41) is 3.87. The monoisotopic (exact) mass is 220 g/mol. The number of nitrogens with zero attached hydrogens (tertiary/aromatic N) is 2. The third-order valence-corrected chi connectivity index (χ3v) is 2.16. The van der Waals surface area contributed by atoms with Crippen molar-refractivity contribution < 1.29 is 18.0 Å². The van der Waals surface area contributed by atoms with Gasteiger partial charge in [0.2, 0.25) is 0 Å². The molecule has 1 heterocycles. The molecule has 0 saturated carbocycles.